The largest absolute Gasteiger partial charge is 0.342 e. The minimum absolute atomic E-state index is 0.155. The summed E-state index contributed by atoms with van der Waals surface area (Å²) >= 11 is 0. The lowest BCUT2D eigenvalue weighted by Crippen LogP contribution is -2.40. The zero-order valence-electron chi connectivity index (χ0n) is 17.5. The highest BCUT2D eigenvalue weighted by Gasteiger charge is 2.58. The van der Waals surface area contributed by atoms with Gasteiger partial charge in [0, 0.05) is 57.1 Å². The Morgan fingerprint density at radius 3 is 2.79 bits per heavy atom. The van der Waals surface area contributed by atoms with Gasteiger partial charge in [-0.1, -0.05) is 6.07 Å². The van der Waals surface area contributed by atoms with Crippen LogP contribution in [0.25, 0.3) is 0 Å². The van der Waals surface area contributed by atoms with Gasteiger partial charge in [0.2, 0.25) is 5.91 Å². The summed E-state index contributed by atoms with van der Waals surface area (Å²) in [5.41, 5.74) is 1.81. The maximum absolute atomic E-state index is 13.7. The molecule has 0 N–H and O–H groups in total. The number of imidazole rings is 1. The topological polar surface area (TPSA) is 54.3 Å². The van der Waals surface area contributed by atoms with Crippen molar-refractivity contribution >= 4 is 5.91 Å². The first-order valence-electron chi connectivity index (χ1n) is 11.0. The van der Waals surface area contributed by atoms with Gasteiger partial charge >= 0.3 is 0 Å². The van der Waals surface area contributed by atoms with Crippen LogP contribution in [0.1, 0.15) is 56.5 Å². The molecule has 1 spiro atoms. The summed E-state index contributed by atoms with van der Waals surface area (Å²) in [6.07, 6.45) is 9.45. The van der Waals surface area contributed by atoms with E-state index in [1.165, 1.54) is 12.8 Å². The van der Waals surface area contributed by atoms with Gasteiger partial charge in [0.05, 0.1) is 23.1 Å². The van der Waals surface area contributed by atoms with Crippen molar-refractivity contribution in [3.63, 3.8) is 0 Å². The first kappa shape index (κ1) is 18.8. The third-order valence-electron chi connectivity index (χ3n) is 7.02. The molecule has 0 radical (unpaired) electrons. The maximum atomic E-state index is 13.7. The molecular formula is C23H31N5O. The van der Waals surface area contributed by atoms with Crippen molar-refractivity contribution in [2.24, 2.45) is 11.3 Å². The number of hydrogen-bond donors (Lipinski definition) is 0. The van der Waals surface area contributed by atoms with E-state index in [0.717, 1.165) is 56.5 Å². The van der Waals surface area contributed by atoms with E-state index in [1.54, 1.807) is 0 Å². The highest BCUT2D eigenvalue weighted by Crippen LogP contribution is 2.50. The lowest BCUT2D eigenvalue weighted by molar-refractivity contribution is -0.136. The predicted octanol–water partition coefficient (Wildman–Crippen LogP) is 3.09. The van der Waals surface area contributed by atoms with Crippen molar-refractivity contribution in [2.75, 3.05) is 26.2 Å². The van der Waals surface area contributed by atoms with Crippen LogP contribution in [0, 0.1) is 11.3 Å². The van der Waals surface area contributed by atoms with Gasteiger partial charge in [-0.25, -0.2) is 4.98 Å². The van der Waals surface area contributed by atoms with E-state index in [1.807, 2.05) is 24.7 Å². The van der Waals surface area contributed by atoms with Gasteiger partial charge in [-0.2, -0.15) is 0 Å². The van der Waals surface area contributed by atoms with Crippen molar-refractivity contribution in [2.45, 2.75) is 51.6 Å². The summed E-state index contributed by atoms with van der Waals surface area (Å²) in [6.45, 7) is 8.65. The van der Waals surface area contributed by atoms with Gasteiger partial charge in [-0.05, 0) is 51.2 Å². The molecule has 2 aromatic rings. The second kappa shape index (κ2) is 7.24. The summed E-state index contributed by atoms with van der Waals surface area (Å²) in [5, 5.41) is 0. The summed E-state index contributed by atoms with van der Waals surface area (Å²) in [7, 11) is 0. The first-order chi connectivity index (χ1) is 14.0. The standard InChI is InChI=1S/C23H31N5O/c1-17(2)28-14-21(25-16-28)20-13-26(12-19-5-3-4-9-24-19)15-23(20)8-10-27(22(23)29)11-18-6-7-18/h3-5,9,14,16-18,20H,6-8,10-13,15H2,1-2H3. The van der Waals surface area contributed by atoms with Gasteiger partial charge in [-0.15, -0.1) is 0 Å². The molecule has 1 saturated carbocycles. The van der Waals surface area contributed by atoms with Gasteiger partial charge in [0.25, 0.3) is 0 Å². The number of aromatic nitrogens is 3. The van der Waals surface area contributed by atoms with E-state index in [4.69, 9.17) is 4.98 Å². The van der Waals surface area contributed by atoms with E-state index in [2.05, 4.69) is 45.5 Å². The molecular weight excluding hydrogens is 362 g/mol. The number of amides is 1. The second-order valence-electron chi connectivity index (χ2n) is 9.48. The SMILES string of the molecule is CC(C)n1cnc(C2CN(Cc3ccccn3)CC23CCN(CC2CC2)C3=O)c1. The van der Waals surface area contributed by atoms with Crippen LogP contribution >= 0.6 is 0 Å². The number of likely N-dealkylation sites (tertiary alicyclic amines) is 2. The van der Waals surface area contributed by atoms with Gasteiger partial charge < -0.3 is 9.47 Å². The molecule has 29 heavy (non-hydrogen) atoms. The maximum Gasteiger partial charge on any atom is 0.230 e. The molecule has 6 nitrogen and oxygen atoms in total. The molecule has 2 atom stereocenters. The lowest BCUT2D eigenvalue weighted by Gasteiger charge is -2.28. The molecule has 0 bridgehead atoms. The lowest BCUT2D eigenvalue weighted by atomic mass is 9.75. The molecule has 1 aliphatic carbocycles. The number of carbonyl (C=O) groups excluding carboxylic acids is 1. The minimum Gasteiger partial charge on any atom is -0.342 e. The molecule has 6 heteroatoms. The fraction of sp³-hybridized carbons (Fsp3) is 0.609. The monoisotopic (exact) mass is 393 g/mol. The number of hydrogen-bond acceptors (Lipinski definition) is 4. The smallest absolute Gasteiger partial charge is 0.230 e. The van der Waals surface area contributed by atoms with Crippen molar-refractivity contribution in [1.29, 1.82) is 0 Å². The molecule has 0 aromatic carbocycles. The molecule has 2 aromatic heterocycles. The van der Waals surface area contributed by atoms with E-state index >= 15 is 0 Å². The van der Waals surface area contributed by atoms with E-state index in [0.29, 0.717) is 11.9 Å². The molecule has 5 rings (SSSR count). The van der Waals surface area contributed by atoms with Crippen molar-refractivity contribution in [3.8, 4) is 0 Å². The molecule has 2 aliphatic heterocycles. The van der Waals surface area contributed by atoms with E-state index in [9.17, 15) is 4.79 Å². The summed E-state index contributed by atoms with van der Waals surface area (Å²) in [5.74, 6) is 1.25. The Hall–Kier alpha value is -2.21. The Morgan fingerprint density at radius 1 is 1.24 bits per heavy atom. The van der Waals surface area contributed by atoms with Crippen molar-refractivity contribution in [1.82, 2.24) is 24.3 Å². The van der Waals surface area contributed by atoms with Crippen LogP contribution in [0.2, 0.25) is 0 Å². The fourth-order valence-electron chi connectivity index (χ4n) is 5.15. The molecule has 154 valence electrons. The normalized spacial score (nSPS) is 27.6. The molecule has 3 fully saturated rings. The van der Waals surface area contributed by atoms with Crippen LogP contribution in [-0.2, 0) is 11.3 Å². The average molecular weight is 394 g/mol. The van der Waals surface area contributed by atoms with Crippen LogP contribution in [0.15, 0.2) is 36.9 Å². The van der Waals surface area contributed by atoms with Crippen molar-refractivity contribution in [3.05, 3.63) is 48.3 Å². The summed E-state index contributed by atoms with van der Waals surface area (Å²) < 4.78 is 2.16. The molecule has 3 aliphatic rings. The predicted molar refractivity (Wildman–Crippen MR) is 111 cm³/mol. The average Bonchev–Trinajstić information content (AvgIpc) is 3.13. The van der Waals surface area contributed by atoms with Gasteiger partial charge in [0.15, 0.2) is 0 Å². The van der Waals surface area contributed by atoms with Crippen LogP contribution in [0.3, 0.4) is 0 Å². The Balaban J connectivity index is 1.43. The zero-order valence-corrected chi connectivity index (χ0v) is 17.5. The first-order valence-corrected chi connectivity index (χ1v) is 11.0. The summed E-state index contributed by atoms with van der Waals surface area (Å²) in [6, 6.07) is 6.44. The Bertz CT molecular complexity index is 874. The third kappa shape index (κ3) is 3.48. The number of nitrogens with zero attached hydrogens (tertiary/aromatic N) is 5. The summed E-state index contributed by atoms with van der Waals surface area (Å²) in [4.78, 5) is 27.5. The van der Waals surface area contributed by atoms with E-state index in [-0.39, 0.29) is 11.3 Å². The molecule has 4 heterocycles. The number of rotatable bonds is 6. The highest BCUT2D eigenvalue weighted by atomic mass is 16.2. The Labute approximate surface area is 172 Å². The highest BCUT2D eigenvalue weighted by molar-refractivity contribution is 5.86. The number of pyridine rings is 1. The third-order valence-corrected chi connectivity index (χ3v) is 7.02. The fourth-order valence-corrected chi connectivity index (χ4v) is 5.15. The van der Waals surface area contributed by atoms with Gasteiger partial charge in [0.1, 0.15) is 0 Å². The molecule has 1 amide bonds. The van der Waals surface area contributed by atoms with Crippen LogP contribution in [-0.4, -0.2) is 56.4 Å². The van der Waals surface area contributed by atoms with Crippen LogP contribution in [0.5, 0.6) is 0 Å². The Kier molecular flexibility index (Phi) is 4.69. The van der Waals surface area contributed by atoms with Gasteiger partial charge in [-0.3, -0.25) is 14.7 Å². The van der Waals surface area contributed by atoms with Crippen LogP contribution < -0.4 is 0 Å². The Morgan fingerprint density at radius 2 is 2.10 bits per heavy atom. The second-order valence-corrected chi connectivity index (χ2v) is 9.48. The zero-order chi connectivity index (χ0) is 20.0. The molecule has 2 unspecified atom stereocenters. The van der Waals surface area contributed by atoms with Crippen LogP contribution in [0.4, 0.5) is 0 Å². The molecule has 2 saturated heterocycles. The van der Waals surface area contributed by atoms with Crippen molar-refractivity contribution < 1.29 is 4.79 Å². The number of carbonyl (C=O) groups is 1. The minimum atomic E-state index is -0.333. The van der Waals surface area contributed by atoms with E-state index < -0.39 is 0 Å². The quantitative estimate of drug-likeness (QED) is 0.757.